The predicted molar refractivity (Wildman–Crippen MR) is 139 cm³/mol. The molecule has 3 N–H and O–H groups in total. The van der Waals surface area contributed by atoms with E-state index in [0.717, 1.165) is 36.4 Å². The van der Waals surface area contributed by atoms with Gasteiger partial charge in [0.15, 0.2) is 0 Å². The van der Waals surface area contributed by atoms with Gasteiger partial charge in [0.25, 0.3) is 11.8 Å². The Morgan fingerprint density at radius 3 is 2.61 bits per heavy atom. The summed E-state index contributed by atoms with van der Waals surface area (Å²) < 4.78 is 1.84. The molecule has 9 nitrogen and oxygen atoms in total. The van der Waals surface area contributed by atoms with Gasteiger partial charge in [-0.1, -0.05) is 28.5 Å². The fourth-order valence-electron chi connectivity index (χ4n) is 4.21. The van der Waals surface area contributed by atoms with Crippen LogP contribution in [0.4, 0.5) is 5.69 Å². The van der Waals surface area contributed by atoms with E-state index < -0.39 is 0 Å². The number of likely N-dealkylation sites (N-methyl/N-ethyl adjacent to an activating group) is 1. The monoisotopic (exact) mass is 499 g/mol. The molecule has 10 heteroatoms. The van der Waals surface area contributed by atoms with Crippen LogP contribution >= 0.6 is 12.2 Å². The van der Waals surface area contributed by atoms with E-state index in [1.165, 1.54) is 15.8 Å². The molecular weight excluding hydrogens is 474 g/mol. The number of aromatic nitrogens is 4. The molecule has 0 atom stereocenters. The van der Waals surface area contributed by atoms with Gasteiger partial charge in [0.1, 0.15) is 0 Å². The number of H-pyrrole nitrogens is 1. The van der Waals surface area contributed by atoms with Gasteiger partial charge in [-0.3, -0.25) is 9.59 Å². The van der Waals surface area contributed by atoms with Crippen molar-refractivity contribution in [3.8, 4) is 5.69 Å². The number of tetrazole rings is 1. The first-order valence-corrected chi connectivity index (χ1v) is 12.0. The largest absolute Gasteiger partial charge is 0.348 e. The molecule has 0 aliphatic carbocycles. The number of hydrogen-bond acceptors (Lipinski definition) is 6. The lowest BCUT2D eigenvalue weighted by Gasteiger charge is -2.25. The minimum absolute atomic E-state index is 0.185. The highest BCUT2D eigenvalue weighted by atomic mass is 32.1. The summed E-state index contributed by atoms with van der Waals surface area (Å²) in [7, 11) is 2.10. The fraction of sp³-hybridized carbons (Fsp3) is 0.192. The topological polar surface area (TPSA) is 108 Å². The number of aromatic amines is 1. The quantitative estimate of drug-likeness (QED) is 0.351. The first-order valence-electron chi connectivity index (χ1n) is 11.6. The zero-order chi connectivity index (χ0) is 25.1. The lowest BCUT2D eigenvalue weighted by molar-refractivity contribution is 0.0950. The van der Waals surface area contributed by atoms with Crippen LogP contribution in [0.15, 0.2) is 66.7 Å². The number of hydrogen-bond donors (Lipinski definition) is 3. The summed E-state index contributed by atoms with van der Waals surface area (Å²) in [4.78, 5) is 27.8. The standard InChI is InChI=1S/C26H25N7O2S/c1-32-12-11-18-5-8-22(14-21(18)16-32)28-25(35)20-4-2-3-17(13-20)15-27-24(34)19-6-9-23(10-7-19)33-26(36)29-30-31-33/h2-10,13-14H,11-12,15-16H2,1H3,(H,27,34)(H,28,35)(H,29,31,36). The number of fused-ring (bicyclic) bond motifs is 1. The van der Waals surface area contributed by atoms with Crippen molar-refractivity contribution in [2.24, 2.45) is 0 Å². The smallest absolute Gasteiger partial charge is 0.255 e. The lowest BCUT2D eigenvalue weighted by atomic mass is 9.99. The Bertz CT molecular complexity index is 1480. The third-order valence-corrected chi connectivity index (χ3v) is 6.43. The van der Waals surface area contributed by atoms with Crippen molar-refractivity contribution in [3.05, 3.63) is 99.3 Å². The highest BCUT2D eigenvalue weighted by Crippen LogP contribution is 2.22. The van der Waals surface area contributed by atoms with E-state index in [-0.39, 0.29) is 11.8 Å². The van der Waals surface area contributed by atoms with E-state index in [9.17, 15) is 9.59 Å². The van der Waals surface area contributed by atoms with Crippen LogP contribution in [0, 0.1) is 4.77 Å². The minimum Gasteiger partial charge on any atom is -0.348 e. The van der Waals surface area contributed by atoms with Gasteiger partial charge in [0.2, 0.25) is 4.77 Å². The molecule has 0 saturated carbocycles. The summed E-state index contributed by atoms with van der Waals surface area (Å²) in [6, 6.07) is 20.3. The molecule has 0 spiro atoms. The first-order chi connectivity index (χ1) is 17.5. The summed E-state index contributed by atoms with van der Waals surface area (Å²) in [6.45, 7) is 2.22. The second-order valence-electron chi connectivity index (χ2n) is 8.77. The number of carbonyl (C=O) groups is 2. The maximum Gasteiger partial charge on any atom is 0.255 e. The fourth-order valence-corrected chi connectivity index (χ4v) is 4.40. The van der Waals surface area contributed by atoms with Crippen LogP contribution in [0.1, 0.15) is 37.4 Å². The maximum atomic E-state index is 12.9. The van der Waals surface area contributed by atoms with Crippen molar-refractivity contribution in [1.82, 2.24) is 30.4 Å². The van der Waals surface area contributed by atoms with Gasteiger partial charge in [-0.15, -0.1) is 0 Å². The molecule has 1 aliphatic rings. The molecule has 0 unspecified atom stereocenters. The van der Waals surface area contributed by atoms with E-state index >= 15 is 0 Å². The molecule has 182 valence electrons. The van der Waals surface area contributed by atoms with Gasteiger partial charge in [-0.05, 0) is 90.9 Å². The Morgan fingerprint density at radius 2 is 1.83 bits per heavy atom. The van der Waals surface area contributed by atoms with E-state index in [4.69, 9.17) is 12.2 Å². The molecule has 1 aliphatic heterocycles. The molecule has 0 bridgehead atoms. The molecule has 2 heterocycles. The van der Waals surface area contributed by atoms with Crippen LogP contribution in [-0.2, 0) is 19.5 Å². The lowest BCUT2D eigenvalue weighted by Crippen LogP contribution is -2.26. The van der Waals surface area contributed by atoms with E-state index in [1.54, 1.807) is 36.4 Å². The Kier molecular flexibility index (Phi) is 6.70. The summed E-state index contributed by atoms with van der Waals surface area (Å²) in [5.41, 5.74) is 5.95. The number of rotatable bonds is 6. The van der Waals surface area contributed by atoms with Crippen LogP contribution in [0.2, 0.25) is 0 Å². The van der Waals surface area contributed by atoms with Crippen LogP contribution in [0.25, 0.3) is 5.69 Å². The highest BCUT2D eigenvalue weighted by Gasteiger charge is 2.15. The van der Waals surface area contributed by atoms with Gasteiger partial charge < -0.3 is 15.5 Å². The molecule has 4 aromatic rings. The number of nitrogens with one attached hydrogen (secondary N) is 3. The minimum atomic E-state index is -0.221. The van der Waals surface area contributed by atoms with Crippen LogP contribution in [0.3, 0.4) is 0 Å². The predicted octanol–water partition coefficient (Wildman–Crippen LogP) is 3.50. The summed E-state index contributed by atoms with van der Waals surface area (Å²) >= 11 is 5.09. The first kappa shape index (κ1) is 23.6. The summed E-state index contributed by atoms with van der Waals surface area (Å²) in [5.74, 6) is -0.406. The molecule has 5 rings (SSSR count). The Labute approximate surface area is 213 Å². The van der Waals surface area contributed by atoms with Gasteiger partial charge in [-0.25, -0.2) is 4.68 Å². The molecule has 1 aromatic heterocycles. The third-order valence-electron chi connectivity index (χ3n) is 6.17. The number of benzene rings is 3. The Hall–Kier alpha value is -4.15. The Balaban J connectivity index is 1.20. The summed E-state index contributed by atoms with van der Waals surface area (Å²) in [5, 5.41) is 16.0. The third kappa shape index (κ3) is 5.24. The second-order valence-corrected chi connectivity index (χ2v) is 9.14. The van der Waals surface area contributed by atoms with Gasteiger partial charge in [-0.2, -0.15) is 5.21 Å². The van der Waals surface area contributed by atoms with Crippen molar-refractivity contribution in [1.29, 1.82) is 0 Å². The molecule has 3 aromatic carbocycles. The highest BCUT2D eigenvalue weighted by molar-refractivity contribution is 7.71. The van der Waals surface area contributed by atoms with Gasteiger partial charge in [0, 0.05) is 36.4 Å². The van der Waals surface area contributed by atoms with Gasteiger partial charge >= 0.3 is 0 Å². The summed E-state index contributed by atoms with van der Waals surface area (Å²) in [6.07, 6.45) is 1.02. The zero-order valence-corrected chi connectivity index (χ0v) is 20.5. The SMILES string of the molecule is CN1CCc2ccc(NC(=O)c3cccc(CNC(=O)c4ccc(-n5[nH]nnc5=S)cc4)c3)cc2C1. The molecule has 0 saturated heterocycles. The number of anilines is 1. The average molecular weight is 500 g/mol. The second kappa shape index (κ2) is 10.2. The maximum absolute atomic E-state index is 12.9. The number of amides is 2. The molecule has 36 heavy (non-hydrogen) atoms. The van der Waals surface area contributed by atoms with Crippen molar-refractivity contribution >= 4 is 29.7 Å². The number of carbonyl (C=O) groups excluding carboxylic acids is 2. The molecular formula is C26H25N7O2S. The van der Waals surface area contributed by atoms with E-state index in [1.807, 2.05) is 18.2 Å². The normalized spacial score (nSPS) is 13.1. The van der Waals surface area contributed by atoms with Crippen molar-refractivity contribution in [2.45, 2.75) is 19.5 Å². The van der Waals surface area contributed by atoms with Crippen molar-refractivity contribution in [3.63, 3.8) is 0 Å². The average Bonchev–Trinajstić information content (AvgIpc) is 3.33. The molecule has 0 fully saturated rings. The van der Waals surface area contributed by atoms with Crippen LogP contribution in [0.5, 0.6) is 0 Å². The van der Waals surface area contributed by atoms with Crippen molar-refractivity contribution in [2.75, 3.05) is 18.9 Å². The van der Waals surface area contributed by atoms with E-state index in [2.05, 4.69) is 50.2 Å². The number of nitrogens with zero attached hydrogens (tertiary/aromatic N) is 4. The van der Waals surface area contributed by atoms with Crippen LogP contribution in [-0.4, -0.2) is 50.5 Å². The molecule has 0 radical (unpaired) electrons. The zero-order valence-electron chi connectivity index (χ0n) is 19.7. The molecule has 2 amide bonds. The van der Waals surface area contributed by atoms with Crippen LogP contribution < -0.4 is 10.6 Å². The van der Waals surface area contributed by atoms with Gasteiger partial charge in [0.05, 0.1) is 5.69 Å². The van der Waals surface area contributed by atoms with Crippen molar-refractivity contribution < 1.29 is 9.59 Å². The Morgan fingerprint density at radius 1 is 1.00 bits per heavy atom. The van der Waals surface area contributed by atoms with E-state index in [0.29, 0.717) is 22.4 Å².